The van der Waals surface area contributed by atoms with Gasteiger partial charge >= 0.3 is 5.97 Å². The number of carboxylic acids is 1. The molecule has 0 bridgehead atoms. The van der Waals surface area contributed by atoms with Crippen LogP contribution in [-0.4, -0.2) is 45.5 Å². The van der Waals surface area contributed by atoms with Gasteiger partial charge in [0.25, 0.3) is 5.91 Å². The number of aliphatic carboxylic acids is 1. The van der Waals surface area contributed by atoms with Gasteiger partial charge in [-0.1, -0.05) is 30.3 Å². The lowest BCUT2D eigenvalue weighted by atomic mass is 9.93. The summed E-state index contributed by atoms with van der Waals surface area (Å²) in [5, 5.41) is 23.4. The highest BCUT2D eigenvalue weighted by atomic mass is 16.4. The highest BCUT2D eigenvalue weighted by Gasteiger charge is 2.22. The van der Waals surface area contributed by atoms with Crippen molar-refractivity contribution in [2.75, 3.05) is 6.54 Å². The maximum absolute atomic E-state index is 13.0. The second-order valence-electron chi connectivity index (χ2n) is 7.44. The van der Waals surface area contributed by atoms with E-state index in [2.05, 4.69) is 20.6 Å². The van der Waals surface area contributed by atoms with Crippen molar-refractivity contribution in [3.63, 3.8) is 0 Å². The number of hydrogen-bond acceptors (Lipinski definition) is 5. The SMILES string of the molecule is N=C(N)NCCC[C@H](NC(=O)c1ccc(C(N)Cc2ncc[nH]2)c2ccccc12)C(=O)O. The molecule has 0 radical (unpaired) electrons. The molecule has 3 aromatic rings. The van der Waals surface area contributed by atoms with E-state index in [-0.39, 0.29) is 18.4 Å². The minimum atomic E-state index is -1.12. The van der Waals surface area contributed by atoms with E-state index in [4.69, 9.17) is 16.9 Å². The first kappa shape index (κ1) is 22.8. The first-order valence-electron chi connectivity index (χ1n) is 10.2. The molecule has 0 aliphatic heterocycles. The number of hydrogen-bond donors (Lipinski definition) is 7. The molecule has 9 N–H and O–H groups in total. The first-order valence-corrected chi connectivity index (χ1v) is 10.2. The summed E-state index contributed by atoms with van der Waals surface area (Å²) in [6.07, 6.45) is 4.55. The largest absolute Gasteiger partial charge is 0.480 e. The molecule has 0 aliphatic rings. The number of benzene rings is 2. The third kappa shape index (κ3) is 5.61. The van der Waals surface area contributed by atoms with Crippen molar-refractivity contribution in [3.05, 3.63) is 65.7 Å². The van der Waals surface area contributed by atoms with Gasteiger partial charge in [0.2, 0.25) is 0 Å². The van der Waals surface area contributed by atoms with Crippen LogP contribution in [0.25, 0.3) is 10.8 Å². The minimum Gasteiger partial charge on any atom is -0.480 e. The number of imidazole rings is 1. The Balaban J connectivity index is 1.79. The summed E-state index contributed by atoms with van der Waals surface area (Å²) in [7, 11) is 0. The van der Waals surface area contributed by atoms with Gasteiger partial charge in [-0.05, 0) is 35.2 Å². The quantitative estimate of drug-likeness (QED) is 0.141. The van der Waals surface area contributed by atoms with E-state index >= 15 is 0 Å². The summed E-state index contributed by atoms with van der Waals surface area (Å²) < 4.78 is 0. The lowest BCUT2D eigenvalue weighted by molar-refractivity contribution is -0.139. The van der Waals surface area contributed by atoms with Crippen LogP contribution in [0.15, 0.2) is 48.8 Å². The number of amides is 1. The molecular weight excluding hydrogens is 410 g/mol. The van der Waals surface area contributed by atoms with Gasteiger partial charge in [0.1, 0.15) is 11.9 Å². The number of nitrogens with two attached hydrogens (primary N) is 2. The summed E-state index contributed by atoms with van der Waals surface area (Å²) in [5.74, 6) is -1.01. The molecule has 1 amide bonds. The molecule has 168 valence electrons. The molecule has 1 unspecified atom stereocenters. The fraction of sp³-hybridized carbons (Fsp3) is 0.273. The Morgan fingerprint density at radius 2 is 1.94 bits per heavy atom. The Kier molecular flexibility index (Phi) is 7.40. The van der Waals surface area contributed by atoms with E-state index in [1.807, 2.05) is 24.3 Å². The lowest BCUT2D eigenvalue weighted by Gasteiger charge is -2.18. The van der Waals surface area contributed by atoms with Crippen LogP contribution in [0.1, 0.15) is 40.6 Å². The van der Waals surface area contributed by atoms with Crippen molar-refractivity contribution in [1.29, 1.82) is 5.41 Å². The molecule has 10 heteroatoms. The van der Waals surface area contributed by atoms with Crippen LogP contribution in [0, 0.1) is 5.41 Å². The Bertz CT molecular complexity index is 1100. The lowest BCUT2D eigenvalue weighted by Crippen LogP contribution is -2.41. The predicted molar refractivity (Wildman–Crippen MR) is 121 cm³/mol. The zero-order valence-electron chi connectivity index (χ0n) is 17.5. The molecule has 2 aromatic carbocycles. The number of nitrogens with one attached hydrogen (secondary N) is 4. The topological polar surface area (TPSA) is 183 Å². The predicted octanol–water partition coefficient (Wildman–Crippen LogP) is 1.25. The highest BCUT2D eigenvalue weighted by Crippen LogP contribution is 2.28. The summed E-state index contributed by atoms with van der Waals surface area (Å²) in [5.41, 5.74) is 12.9. The summed E-state index contributed by atoms with van der Waals surface area (Å²) in [6, 6.07) is 9.49. The third-order valence-corrected chi connectivity index (χ3v) is 5.16. The van der Waals surface area contributed by atoms with Gasteiger partial charge in [0.15, 0.2) is 5.96 Å². The maximum atomic E-state index is 13.0. The number of H-pyrrole nitrogens is 1. The summed E-state index contributed by atoms with van der Waals surface area (Å²) >= 11 is 0. The van der Waals surface area contributed by atoms with Crippen LogP contribution in [0.5, 0.6) is 0 Å². The second kappa shape index (κ2) is 10.4. The molecule has 0 fully saturated rings. The second-order valence-corrected chi connectivity index (χ2v) is 7.44. The molecule has 1 aromatic heterocycles. The van der Waals surface area contributed by atoms with E-state index in [0.717, 1.165) is 16.8 Å². The Hall–Kier alpha value is -3.92. The molecule has 2 atom stereocenters. The zero-order chi connectivity index (χ0) is 23.1. The van der Waals surface area contributed by atoms with E-state index in [1.165, 1.54) is 0 Å². The Labute approximate surface area is 184 Å². The highest BCUT2D eigenvalue weighted by molar-refractivity contribution is 6.08. The normalized spacial score (nSPS) is 12.8. The van der Waals surface area contributed by atoms with Crippen molar-refractivity contribution < 1.29 is 14.7 Å². The zero-order valence-corrected chi connectivity index (χ0v) is 17.5. The molecule has 0 spiro atoms. The summed E-state index contributed by atoms with van der Waals surface area (Å²) in [4.78, 5) is 31.8. The molecule has 10 nitrogen and oxygen atoms in total. The van der Waals surface area contributed by atoms with Crippen LogP contribution in [0.4, 0.5) is 0 Å². The first-order chi connectivity index (χ1) is 15.4. The van der Waals surface area contributed by atoms with Crippen molar-refractivity contribution in [1.82, 2.24) is 20.6 Å². The molecule has 32 heavy (non-hydrogen) atoms. The molecular formula is C22H27N7O3. The fourth-order valence-corrected chi connectivity index (χ4v) is 3.59. The van der Waals surface area contributed by atoms with Gasteiger partial charge in [-0.2, -0.15) is 0 Å². The average molecular weight is 438 g/mol. The van der Waals surface area contributed by atoms with E-state index in [1.54, 1.807) is 24.5 Å². The monoisotopic (exact) mass is 437 g/mol. The van der Waals surface area contributed by atoms with Crippen LogP contribution < -0.4 is 22.1 Å². The van der Waals surface area contributed by atoms with E-state index < -0.39 is 17.9 Å². The molecule has 0 saturated heterocycles. The smallest absolute Gasteiger partial charge is 0.326 e. The van der Waals surface area contributed by atoms with Crippen LogP contribution in [0.2, 0.25) is 0 Å². The standard InChI is InChI=1S/C22H27N7O3/c23-17(12-19-26-10-11-27-19)15-7-8-16(14-5-2-1-4-13(14)15)20(30)29-18(21(31)32)6-3-9-28-22(24)25/h1-2,4-5,7-8,10-11,17-18H,3,6,9,12,23H2,(H,26,27)(H,29,30)(H,31,32)(H4,24,25,28)/t17?,18-/m0/s1. The van der Waals surface area contributed by atoms with Gasteiger partial charge in [0, 0.05) is 37.0 Å². The van der Waals surface area contributed by atoms with E-state index in [0.29, 0.717) is 30.3 Å². The number of carbonyl (C=O) groups is 2. The number of aromatic amines is 1. The van der Waals surface area contributed by atoms with Crippen molar-refractivity contribution in [2.45, 2.75) is 31.3 Å². The van der Waals surface area contributed by atoms with Gasteiger partial charge in [0.05, 0.1) is 0 Å². The number of carbonyl (C=O) groups excluding carboxylic acids is 1. The number of nitrogens with zero attached hydrogens (tertiary/aromatic N) is 1. The van der Waals surface area contributed by atoms with Crippen LogP contribution >= 0.6 is 0 Å². The maximum Gasteiger partial charge on any atom is 0.326 e. The van der Waals surface area contributed by atoms with Crippen LogP contribution in [0.3, 0.4) is 0 Å². The number of aromatic nitrogens is 2. The van der Waals surface area contributed by atoms with Crippen LogP contribution in [-0.2, 0) is 11.2 Å². The fourth-order valence-electron chi connectivity index (χ4n) is 3.59. The number of carboxylic acid groups (broad SMARTS) is 1. The average Bonchev–Trinajstić information content (AvgIpc) is 3.27. The van der Waals surface area contributed by atoms with Gasteiger partial charge in [-0.25, -0.2) is 9.78 Å². The number of fused-ring (bicyclic) bond motifs is 1. The molecule has 0 aliphatic carbocycles. The van der Waals surface area contributed by atoms with Crippen molar-refractivity contribution in [3.8, 4) is 0 Å². The van der Waals surface area contributed by atoms with Crippen molar-refractivity contribution >= 4 is 28.6 Å². The van der Waals surface area contributed by atoms with Gasteiger partial charge < -0.3 is 32.2 Å². The number of guanidine groups is 1. The van der Waals surface area contributed by atoms with Gasteiger partial charge in [-0.3, -0.25) is 10.2 Å². The molecule has 1 heterocycles. The van der Waals surface area contributed by atoms with E-state index in [9.17, 15) is 14.7 Å². The number of rotatable bonds is 10. The minimum absolute atomic E-state index is 0.183. The Morgan fingerprint density at radius 3 is 2.59 bits per heavy atom. The molecule has 3 rings (SSSR count). The summed E-state index contributed by atoms with van der Waals surface area (Å²) in [6.45, 7) is 0.347. The van der Waals surface area contributed by atoms with Crippen molar-refractivity contribution in [2.24, 2.45) is 11.5 Å². The third-order valence-electron chi connectivity index (χ3n) is 5.16. The Morgan fingerprint density at radius 1 is 1.19 bits per heavy atom. The molecule has 0 saturated carbocycles. The van der Waals surface area contributed by atoms with Gasteiger partial charge in [-0.15, -0.1) is 0 Å².